The third-order valence-corrected chi connectivity index (χ3v) is 31.4. The number of carbonyl (C=O) groups excluding carboxylic acids is 4. The van der Waals surface area contributed by atoms with Gasteiger partial charge in [-0.05, 0) is 123 Å². The van der Waals surface area contributed by atoms with Gasteiger partial charge in [0.1, 0.15) is 140 Å². The average Bonchev–Trinajstić information content (AvgIpc) is 1.04. The average molecular weight is 1860 g/mol. The Hall–Kier alpha value is -4.03. The van der Waals surface area contributed by atoms with Crippen LogP contribution in [-0.4, -0.2) is 397 Å². The number of aliphatic hydroxyl groups excluding tert-OH is 20. The van der Waals surface area contributed by atoms with E-state index in [1.165, 1.54) is 13.8 Å². The number of aliphatic carboxylic acids is 1. The maximum atomic E-state index is 16.2. The number of rotatable bonds is 32. The Morgan fingerprint density at radius 2 is 1.02 bits per heavy atom. The zero-order chi connectivity index (χ0) is 94.9. The Labute approximate surface area is 747 Å². The van der Waals surface area contributed by atoms with Crippen LogP contribution >= 0.6 is 0 Å². The van der Waals surface area contributed by atoms with E-state index in [0.717, 1.165) is 11.9 Å². The smallest absolute Gasteiger partial charge is 0.335 e. The highest BCUT2D eigenvalue weighted by molar-refractivity contribution is 5.80. The first kappa shape index (κ1) is 104. The van der Waals surface area contributed by atoms with E-state index >= 15 is 4.79 Å². The third-order valence-electron chi connectivity index (χ3n) is 31.4. The van der Waals surface area contributed by atoms with Gasteiger partial charge in [0.25, 0.3) is 0 Å². The maximum Gasteiger partial charge on any atom is 0.335 e. The summed E-state index contributed by atoms with van der Waals surface area (Å²) in [6.07, 6.45) is -61.3. The lowest BCUT2D eigenvalue weighted by Gasteiger charge is -2.71. The molecule has 0 bridgehead atoms. The molecule has 129 heavy (non-hydrogen) atoms. The molecule has 7 heterocycles. The number of hydrogen-bond acceptors (Lipinski definition) is 41. The molecule has 48 atom stereocenters. The second kappa shape index (κ2) is 41.3. The Bertz CT molecular complexity index is 3790. The van der Waals surface area contributed by atoms with Crippen LogP contribution in [0.25, 0.3) is 0 Å². The molecule has 4 saturated carbocycles. The first-order valence-corrected chi connectivity index (χ1v) is 45.4. The van der Waals surface area contributed by atoms with E-state index in [1.54, 1.807) is 20.8 Å². The highest BCUT2D eigenvalue weighted by Crippen LogP contribution is 2.76. The number of aldehydes is 1. The predicted octanol–water partition coefficient (Wildman–Crippen LogP) is -4.15. The van der Waals surface area contributed by atoms with Crippen molar-refractivity contribution < 1.29 is 207 Å². The van der Waals surface area contributed by atoms with Gasteiger partial charge in [-0.3, -0.25) is 14.4 Å². The van der Waals surface area contributed by atoms with Crippen molar-refractivity contribution in [3.05, 3.63) is 11.6 Å². The van der Waals surface area contributed by atoms with Crippen LogP contribution < -0.4 is 0 Å². The molecule has 0 aromatic rings. The highest BCUT2D eigenvalue weighted by atomic mass is 16.8. The predicted molar refractivity (Wildman–Crippen MR) is 431 cm³/mol. The van der Waals surface area contributed by atoms with Crippen LogP contribution in [0, 0.1) is 62.1 Å². The molecule has 12 aliphatic rings. The number of allylic oxidation sites excluding steroid dienone is 2. The normalized spacial score (nSPS) is 48.4. The molecule has 0 spiro atoms. The number of hydrogen-bond donors (Lipinski definition) is 21. The minimum Gasteiger partial charge on any atom is -0.479 e. The van der Waals surface area contributed by atoms with Crippen LogP contribution in [0.1, 0.15) is 179 Å². The van der Waals surface area contributed by atoms with Gasteiger partial charge >= 0.3 is 23.9 Å². The Morgan fingerprint density at radius 1 is 0.504 bits per heavy atom. The van der Waals surface area contributed by atoms with E-state index in [2.05, 4.69) is 26.8 Å². The molecule has 0 aromatic heterocycles. The van der Waals surface area contributed by atoms with Crippen molar-refractivity contribution in [1.29, 1.82) is 0 Å². The molecule has 5 aliphatic carbocycles. The summed E-state index contributed by atoms with van der Waals surface area (Å²) in [4.78, 5) is 71.7. The van der Waals surface area contributed by atoms with Crippen molar-refractivity contribution in [2.24, 2.45) is 62.1 Å². The van der Waals surface area contributed by atoms with Crippen molar-refractivity contribution in [1.82, 2.24) is 0 Å². The Kier molecular flexibility index (Phi) is 33.3. The van der Waals surface area contributed by atoms with Gasteiger partial charge in [-0.25, -0.2) is 4.79 Å². The zero-order valence-corrected chi connectivity index (χ0v) is 74.9. The molecule has 42 nitrogen and oxygen atoms in total. The molecule has 0 aromatic carbocycles. The summed E-state index contributed by atoms with van der Waals surface area (Å²) in [7, 11) is 0. The summed E-state index contributed by atoms with van der Waals surface area (Å²) >= 11 is 0. The molecule has 21 N–H and O–H groups in total. The van der Waals surface area contributed by atoms with Gasteiger partial charge in [-0.15, -0.1) is 0 Å². The summed E-state index contributed by atoms with van der Waals surface area (Å²) in [6, 6.07) is 0. The van der Waals surface area contributed by atoms with Gasteiger partial charge in [-0.1, -0.05) is 93.7 Å². The highest BCUT2D eigenvalue weighted by Gasteiger charge is 2.73. The molecule has 0 amide bonds. The molecular formula is C87H140O42. The Balaban J connectivity index is 0.785. The lowest BCUT2D eigenvalue weighted by atomic mass is 9.33. The molecule has 7 saturated heterocycles. The zero-order valence-electron chi connectivity index (χ0n) is 74.9. The van der Waals surface area contributed by atoms with E-state index in [0.29, 0.717) is 51.4 Å². The quantitative estimate of drug-likeness (QED) is 0.00999. The van der Waals surface area contributed by atoms with E-state index < -0.39 is 347 Å². The SMILES string of the molecule is CC[C@@H](C)[C@@H](C[C@H](O)CC(=O)O[C@@H]1[C@H](O)[C@@H](O[C@@H]2O[C@@H](C)[C@H](O[C@@H]3OC[C@@H](O)[C@H](O)[C@H]3O)[C@@H](O)[C@H]2O)[C@H](OC(=O)[C@]23CCC(C)(C)C[C@H]2C2=CC[C@@H]4[C@@]5(C)CC[C@H](O[C@@H]6O[C@H](C(=O)O)[C@@H](O)[C@H](O[C@@H]7OC[C@@H](O)[C@H](O)[C@H]7O)[C@H]6O[C@@H]6O[C@H](CO)[C@H](O)[C@H](O)[C@H]6O)[C@@](C)(C=O)[C@@H]5CC[C@@]4(C)[C@]2(C)C[C@H]3O)O[C@@H]1C)OC(=O)C[C@@H](O)C[C@H](O[C@@H]1O[C@@H](CO)[C@H](O)[C@H]1O)[C@@H](C)CC. The Morgan fingerprint density at radius 3 is 1.62 bits per heavy atom. The number of esters is 3. The molecule has 0 radical (unpaired) electrons. The van der Waals surface area contributed by atoms with Crippen LogP contribution in [0.15, 0.2) is 11.6 Å². The van der Waals surface area contributed by atoms with Gasteiger partial charge in [0, 0.05) is 12.8 Å². The second-order valence-corrected chi connectivity index (χ2v) is 40.1. The van der Waals surface area contributed by atoms with Gasteiger partial charge in [0.15, 0.2) is 56.1 Å². The second-order valence-electron chi connectivity index (χ2n) is 40.1. The van der Waals surface area contributed by atoms with Crippen LogP contribution in [0.2, 0.25) is 0 Å². The standard InChI is InChI=1S/C87H140O42/c1-13-34(3)44(118-52(96)25-39(92)24-45(35(4)14-2)119-77-62(106)57(101)47(30-89)120-77)23-38(91)26-53(97)123-68-37(6)117-79(71(65(68)109)127-76-64(108)59(103)67(36(5)116-76)124-74-60(104)54(98)42(93)31-114-74)129-81(113)87-22-21-82(7,8)27-41(87)40-15-16-49-83(9)19-18-51(84(10,33-90)48(83)17-20-85(49,11)86(40,12)28-50(87)95)122-80-72(128-78-63(107)58(102)56(100)46(29-88)121-78)69(66(110)70(126-80)73(111)112)125-75-61(105)55(99)43(94)32-115-75/h15,33-39,41-51,54-72,74-80,88-89,91-95,98-110H,13-14,16-32H2,1-12H3,(H,111,112)/t34-,35+,36+,37-,38+,39+,41+,42-,43-,44-,45+,46-,47+,48-,49-,50-,51+,54+,55+,56+,57+,58+,59+,60-,61-,62-,63-,64-,65+,66+,67+,68+,69+,70+,71-,72-,74+,75+,76+,77-,78+,79+,80-,83+,84+,85-,86-,87-/m1/s1. The van der Waals surface area contributed by atoms with Crippen molar-refractivity contribution in [3.63, 3.8) is 0 Å². The van der Waals surface area contributed by atoms with Gasteiger partial charge in [-0.2, -0.15) is 0 Å². The molecule has 11 fully saturated rings. The first-order chi connectivity index (χ1) is 60.5. The van der Waals surface area contributed by atoms with Gasteiger partial charge in [0.05, 0.1) is 87.4 Å². The summed E-state index contributed by atoms with van der Waals surface area (Å²) in [5.74, 6) is -7.05. The van der Waals surface area contributed by atoms with Crippen LogP contribution in [0.5, 0.6) is 0 Å². The summed E-state index contributed by atoms with van der Waals surface area (Å²) in [5.41, 5.74) is -5.35. The topological polar surface area (TPSA) is 658 Å². The number of aliphatic hydroxyl groups is 20. The molecular weight excluding hydrogens is 1720 g/mol. The number of fused-ring (bicyclic) bond motifs is 7. The molecule has 42 heteroatoms. The van der Waals surface area contributed by atoms with Gasteiger partial charge < -0.3 is 188 Å². The molecule has 0 unspecified atom stereocenters. The molecule has 12 rings (SSSR count). The van der Waals surface area contributed by atoms with E-state index in [1.807, 2.05) is 27.7 Å². The summed E-state index contributed by atoms with van der Waals surface area (Å²) in [5, 5.41) is 233. The number of ether oxygens (including phenoxy) is 16. The monoisotopic (exact) mass is 1860 g/mol. The minimum absolute atomic E-state index is 0.0335. The van der Waals surface area contributed by atoms with Crippen molar-refractivity contribution in [3.8, 4) is 0 Å². The fourth-order valence-corrected chi connectivity index (χ4v) is 22.9. The van der Waals surface area contributed by atoms with Crippen molar-refractivity contribution >= 4 is 30.2 Å². The fraction of sp³-hybridized carbons (Fsp3) is 0.920. The third kappa shape index (κ3) is 20.2. The lowest BCUT2D eigenvalue weighted by molar-refractivity contribution is -0.391. The lowest BCUT2D eigenvalue weighted by Crippen LogP contribution is -2.69. The van der Waals surface area contributed by atoms with Crippen molar-refractivity contribution in [2.75, 3.05) is 26.4 Å². The van der Waals surface area contributed by atoms with Crippen LogP contribution in [-0.2, 0) is 99.8 Å². The number of carboxylic acids is 1. The van der Waals surface area contributed by atoms with Gasteiger partial charge in [0.2, 0.25) is 6.29 Å². The number of carbonyl (C=O) groups is 5. The van der Waals surface area contributed by atoms with Crippen molar-refractivity contribution in [2.45, 2.75) is 413 Å². The van der Waals surface area contributed by atoms with Crippen LogP contribution in [0.3, 0.4) is 0 Å². The van der Waals surface area contributed by atoms with Crippen LogP contribution in [0.4, 0.5) is 0 Å². The summed E-state index contributed by atoms with van der Waals surface area (Å²) < 4.78 is 96.6. The summed E-state index contributed by atoms with van der Waals surface area (Å²) in [6.45, 7) is 19.4. The first-order valence-electron chi connectivity index (χ1n) is 45.4. The van der Waals surface area contributed by atoms with E-state index in [4.69, 9.17) is 75.8 Å². The number of carboxylic acid groups (broad SMARTS) is 1. The fourth-order valence-electron chi connectivity index (χ4n) is 22.9. The van der Waals surface area contributed by atoms with E-state index in [9.17, 15) is 126 Å². The maximum absolute atomic E-state index is 16.2. The molecule has 740 valence electrons. The molecule has 7 aliphatic heterocycles. The largest absolute Gasteiger partial charge is 0.479 e. The minimum atomic E-state index is -2.25. The van der Waals surface area contributed by atoms with E-state index in [-0.39, 0.29) is 43.9 Å².